The zero-order chi connectivity index (χ0) is 16.2. The highest BCUT2D eigenvalue weighted by Crippen LogP contribution is 2.36. The average molecular weight is 303 g/mol. The van der Waals surface area contributed by atoms with Crippen LogP contribution in [-0.2, 0) is 15.7 Å². The van der Waals surface area contributed by atoms with Crippen LogP contribution >= 0.6 is 0 Å². The quantitative estimate of drug-likeness (QED) is 0.661. The van der Waals surface area contributed by atoms with Crippen molar-refractivity contribution in [3.05, 3.63) is 29.3 Å². The number of rotatable bonds is 5. The SMILES string of the molecule is CCOC(=O)C(CC(C)C)c1ccc(N)c(C(F)(F)F)c1. The summed E-state index contributed by atoms with van der Waals surface area (Å²) < 4.78 is 43.7. The highest BCUT2D eigenvalue weighted by Gasteiger charge is 2.34. The van der Waals surface area contributed by atoms with E-state index in [-0.39, 0.29) is 23.8 Å². The topological polar surface area (TPSA) is 52.3 Å². The number of nitrogen functional groups attached to an aromatic ring is 1. The van der Waals surface area contributed by atoms with Gasteiger partial charge >= 0.3 is 12.1 Å². The van der Waals surface area contributed by atoms with Crippen LogP contribution in [0.4, 0.5) is 18.9 Å². The number of anilines is 1. The molecule has 0 amide bonds. The fourth-order valence-corrected chi connectivity index (χ4v) is 2.12. The molecule has 0 heterocycles. The van der Waals surface area contributed by atoms with Gasteiger partial charge < -0.3 is 10.5 Å². The van der Waals surface area contributed by atoms with Gasteiger partial charge in [0.2, 0.25) is 0 Å². The molecular formula is C15H20F3NO2. The number of hydrogen-bond donors (Lipinski definition) is 1. The van der Waals surface area contributed by atoms with Crippen molar-refractivity contribution in [2.45, 2.75) is 39.3 Å². The first-order valence-electron chi connectivity index (χ1n) is 6.80. The lowest BCUT2D eigenvalue weighted by molar-refractivity contribution is -0.145. The molecule has 0 aromatic heterocycles. The predicted molar refractivity (Wildman–Crippen MR) is 74.7 cm³/mol. The third kappa shape index (κ3) is 4.65. The van der Waals surface area contributed by atoms with E-state index in [1.807, 2.05) is 13.8 Å². The fourth-order valence-electron chi connectivity index (χ4n) is 2.12. The average Bonchev–Trinajstić information content (AvgIpc) is 2.35. The molecule has 6 heteroatoms. The summed E-state index contributed by atoms with van der Waals surface area (Å²) >= 11 is 0. The summed E-state index contributed by atoms with van der Waals surface area (Å²) in [6.07, 6.45) is -4.13. The molecule has 118 valence electrons. The van der Waals surface area contributed by atoms with Gasteiger partial charge in [0.15, 0.2) is 0 Å². The summed E-state index contributed by atoms with van der Waals surface area (Å²) in [4.78, 5) is 12.0. The van der Waals surface area contributed by atoms with E-state index in [0.29, 0.717) is 6.42 Å². The van der Waals surface area contributed by atoms with Crippen LogP contribution in [0.15, 0.2) is 18.2 Å². The number of hydrogen-bond acceptors (Lipinski definition) is 3. The molecule has 1 aromatic rings. The van der Waals surface area contributed by atoms with Crippen molar-refractivity contribution in [2.75, 3.05) is 12.3 Å². The zero-order valence-electron chi connectivity index (χ0n) is 12.3. The Morgan fingerprint density at radius 1 is 1.33 bits per heavy atom. The van der Waals surface area contributed by atoms with Gasteiger partial charge in [0.25, 0.3) is 0 Å². The first-order valence-corrected chi connectivity index (χ1v) is 6.80. The van der Waals surface area contributed by atoms with Crippen LogP contribution in [0.25, 0.3) is 0 Å². The second kappa shape index (κ2) is 6.83. The van der Waals surface area contributed by atoms with Crippen LogP contribution in [0.2, 0.25) is 0 Å². The van der Waals surface area contributed by atoms with Gasteiger partial charge in [0, 0.05) is 5.69 Å². The highest BCUT2D eigenvalue weighted by atomic mass is 19.4. The van der Waals surface area contributed by atoms with Crippen molar-refractivity contribution < 1.29 is 22.7 Å². The molecule has 0 aliphatic rings. The zero-order valence-corrected chi connectivity index (χ0v) is 12.3. The van der Waals surface area contributed by atoms with E-state index in [9.17, 15) is 18.0 Å². The second-order valence-corrected chi connectivity index (χ2v) is 5.28. The van der Waals surface area contributed by atoms with Gasteiger partial charge in [-0.1, -0.05) is 19.9 Å². The summed E-state index contributed by atoms with van der Waals surface area (Å²) in [6, 6.07) is 3.58. The van der Waals surface area contributed by atoms with Gasteiger partial charge in [-0.15, -0.1) is 0 Å². The maximum atomic E-state index is 12.9. The molecular weight excluding hydrogens is 283 g/mol. The minimum absolute atomic E-state index is 0.145. The Hall–Kier alpha value is -1.72. The van der Waals surface area contributed by atoms with Crippen molar-refractivity contribution in [3.8, 4) is 0 Å². The summed E-state index contributed by atoms with van der Waals surface area (Å²) in [5.74, 6) is -1.08. The maximum absolute atomic E-state index is 12.9. The number of carbonyl (C=O) groups excluding carboxylic acids is 1. The molecule has 0 bridgehead atoms. The Morgan fingerprint density at radius 2 is 1.95 bits per heavy atom. The predicted octanol–water partition coefficient (Wildman–Crippen LogP) is 3.98. The number of nitrogens with two attached hydrogens (primary N) is 1. The van der Waals surface area contributed by atoms with Gasteiger partial charge in [-0.25, -0.2) is 0 Å². The lowest BCUT2D eigenvalue weighted by Gasteiger charge is -2.20. The van der Waals surface area contributed by atoms with Crippen molar-refractivity contribution in [2.24, 2.45) is 5.92 Å². The van der Waals surface area contributed by atoms with E-state index in [2.05, 4.69) is 0 Å². The number of benzene rings is 1. The van der Waals surface area contributed by atoms with Crippen LogP contribution in [0.3, 0.4) is 0 Å². The first kappa shape index (κ1) is 17.3. The van der Waals surface area contributed by atoms with E-state index in [1.54, 1.807) is 6.92 Å². The van der Waals surface area contributed by atoms with Gasteiger partial charge in [0.05, 0.1) is 18.1 Å². The Balaban J connectivity index is 3.22. The second-order valence-electron chi connectivity index (χ2n) is 5.28. The van der Waals surface area contributed by atoms with Gasteiger partial charge in [-0.3, -0.25) is 4.79 Å². The van der Waals surface area contributed by atoms with E-state index in [0.717, 1.165) is 6.07 Å². The van der Waals surface area contributed by atoms with E-state index in [4.69, 9.17) is 10.5 Å². The Bertz CT molecular complexity index is 498. The van der Waals surface area contributed by atoms with Gasteiger partial charge in [-0.2, -0.15) is 13.2 Å². The first-order chi connectivity index (χ1) is 9.66. The fraction of sp³-hybridized carbons (Fsp3) is 0.533. The lowest BCUT2D eigenvalue weighted by atomic mass is 9.89. The van der Waals surface area contributed by atoms with Crippen LogP contribution in [0.1, 0.15) is 44.2 Å². The molecule has 0 aliphatic heterocycles. The molecule has 3 nitrogen and oxygen atoms in total. The number of esters is 1. The molecule has 0 spiro atoms. The van der Waals surface area contributed by atoms with Crippen LogP contribution < -0.4 is 5.73 Å². The number of alkyl halides is 3. The number of carbonyl (C=O) groups is 1. The van der Waals surface area contributed by atoms with E-state index >= 15 is 0 Å². The van der Waals surface area contributed by atoms with E-state index in [1.165, 1.54) is 12.1 Å². The summed E-state index contributed by atoms with van der Waals surface area (Å²) in [7, 11) is 0. The third-order valence-electron chi connectivity index (χ3n) is 3.06. The number of ether oxygens (including phenoxy) is 1. The standard InChI is InChI=1S/C15H20F3NO2/c1-4-21-14(20)11(7-9(2)3)10-5-6-13(19)12(8-10)15(16,17)18/h5-6,8-9,11H,4,7,19H2,1-3H3. The third-order valence-corrected chi connectivity index (χ3v) is 3.06. The molecule has 0 fully saturated rings. The smallest absolute Gasteiger partial charge is 0.418 e. The van der Waals surface area contributed by atoms with Crippen molar-refractivity contribution in [1.82, 2.24) is 0 Å². The van der Waals surface area contributed by atoms with Crippen molar-refractivity contribution in [3.63, 3.8) is 0 Å². The Morgan fingerprint density at radius 3 is 2.43 bits per heavy atom. The monoisotopic (exact) mass is 303 g/mol. The Labute approximate surface area is 122 Å². The molecule has 21 heavy (non-hydrogen) atoms. The molecule has 1 rings (SSSR count). The minimum Gasteiger partial charge on any atom is -0.466 e. The molecule has 1 atom stereocenters. The molecule has 2 N–H and O–H groups in total. The van der Waals surface area contributed by atoms with Crippen molar-refractivity contribution in [1.29, 1.82) is 0 Å². The van der Waals surface area contributed by atoms with Crippen LogP contribution in [0.5, 0.6) is 0 Å². The summed E-state index contributed by atoms with van der Waals surface area (Å²) in [5.41, 5.74) is 4.39. The number of halogens is 3. The largest absolute Gasteiger partial charge is 0.466 e. The van der Waals surface area contributed by atoms with Gasteiger partial charge in [-0.05, 0) is 37.0 Å². The minimum atomic E-state index is -4.54. The Kier molecular flexibility index (Phi) is 5.63. The van der Waals surface area contributed by atoms with Crippen LogP contribution in [-0.4, -0.2) is 12.6 Å². The van der Waals surface area contributed by atoms with Crippen molar-refractivity contribution >= 4 is 11.7 Å². The molecule has 1 aromatic carbocycles. The van der Waals surface area contributed by atoms with E-state index < -0.39 is 23.6 Å². The van der Waals surface area contributed by atoms with Crippen LogP contribution in [0, 0.1) is 5.92 Å². The molecule has 0 radical (unpaired) electrons. The summed E-state index contributed by atoms with van der Waals surface area (Å²) in [6.45, 7) is 5.64. The van der Waals surface area contributed by atoms with Gasteiger partial charge in [0.1, 0.15) is 0 Å². The molecule has 1 unspecified atom stereocenters. The molecule has 0 aliphatic carbocycles. The molecule has 0 saturated carbocycles. The maximum Gasteiger partial charge on any atom is 0.418 e. The molecule has 0 saturated heterocycles. The lowest BCUT2D eigenvalue weighted by Crippen LogP contribution is -2.19. The normalized spacial score (nSPS) is 13.3. The highest BCUT2D eigenvalue weighted by molar-refractivity contribution is 5.78. The summed E-state index contributed by atoms with van der Waals surface area (Å²) in [5, 5.41) is 0.